The van der Waals surface area contributed by atoms with Crippen LogP contribution in [0.5, 0.6) is 0 Å². The number of hydrogen-bond acceptors (Lipinski definition) is 7. The average Bonchev–Trinajstić information content (AvgIpc) is 2.74. The van der Waals surface area contributed by atoms with Crippen molar-refractivity contribution in [2.45, 2.75) is 17.9 Å². The van der Waals surface area contributed by atoms with Crippen molar-refractivity contribution in [3.63, 3.8) is 0 Å². The van der Waals surface area contributed by atoms with Crippen LogP contribution in [0.15, 0.2) is 17.0 Å². The molecule has 0 radical (unpaired) electrons. The first-order valence-corrected chi connectivity index (χ1v) is 11.6. The third-order valence-electron chi connectivity index (χ3n) is 4.78. The smallest absolute Gasteiger partial charge is 0.340 e. The van der Waals surface area contributed by atoms with Gasteiger partial charge in [-0.3, -0.25) is 4.79 Å². The molecule has 0 N–H and O–H groups in total. The minimum Gasteiger partial charge on any atom is -0.449 e. The SMILES string of the molecule is C[C@H](OC(=O)c1cc(S(=O)(=O)N2CCOCC2)c(Cl)cc1Cl)C(=O)N1CCOCC1. The Kier molecular flexibility index (Phi) is 7.59. The molecule has 0 spiro atoms. The second kappa shape index (κ2) is 9.80. The number of rotatable bonds is 5. The second-order valence-corrected chi connectivity index (χ2v) is 9.48. The quantitative estimate of drug-likeness (QED) is 0.587. The summed E-state index contributed by atoms with van der Waals surface area (Å²) in [6, 6.07) is 2.27. The maximum Gasteiger partial charge on any atom is 0.340 e. The molecule has 2 heterocycles. The lowest BCUT2D eigenvalue weighted by molar-refractivity contribution is -0.143. The number of sulfonamides is 1. The van der Waals surface area contributed by atoms with E-state index in [1.54, 1.807) is 4.90 Å². The molecule has 0 aromatic heterocycles. The van der Waals surface area contributed by atoms with E-state index in [-0.39, 0.29) is 52.7 Å². The molecule has 0 aliphatic carbocycles. The Bertz CT molecular complexity index is 913. The van der Waals surface area contributed by atoms with Crippen LogP contribution in [0.4, 0.5) is 0 Å². The van der Waals surface area contributed by atoms with E-state index in [2.05, 4.69) is 0 Å². The van der Waals surface area contributed by atoms with E-state index < -0.39 is 22.1 Å². The molecule has 30 heavy (non-hydrogen) atoms. The highest BCUT2D eigenvalue weighted by atomic mass is 35.5. The minimum atomic E-state index is -3.96. The molecule has 12 heteroatoms. The Hall–Kier alpha value is -1.43. The molecule has 0 unspecified atom stereocenters. The Balaban J connectivity index is 1.80. The normalized spacial score (nSPS) is 19.4. The third kappa shape index (κ3) is 5.06. The number of amides is 1. The monoisotopic (exact) mass is 480 g/mol. The summed E-state index contributed by atoms with van der Waals surface area (Å²) in [6.45, 7) is 3.97. The molecule has 9 nitrogen and oxygen atoms in total. The number of nitrogens with zero attached hydrogens (tertiary/aromatic N) is 2. The van der Waals surface area contributed by atoms with Gasteiger partial charge >= 0.3 is 5.97 Å². The van der Waals surface area contributed by atoms with Gasteiger partial charge in [0.15, 0.2) is 6.10 Å². The number of morpholine rings is 2. The maximum absolute atomic E-state index is 12.9. The van der Waals surface area contributed by atoms with Gasteiger partial charge < -0.3 is 19.1 Å². The topological polar surface area (TPSA) is 102 Å². The first kappa shape index (κ1) is 23.2. The largest absolute Gasteiger partial charge is 0.449 e. The van der Waals surface area contributed by atoms with Crippen molar-refractivity contribution >= 4 is 45.1 Å². The lowest BCUT2D eigenvalue weighted by atomic mass is 10.2. The summed E-state index contributed by atoms with van der Waals surface area (Å²) in [7, 11) is -3.96. The molecule has 2 aliphatic heterocycles. The van der Waals surface area contributed by atoms with Crippen molar-refractivity contribution in [3.8, 4) is 0 Å². The molecule has 166 valence electrons. The zero-order valence-electron chi connectivity index (χ0n) is 16.3. The summed E-state index contributed by atoms with van der Waals surface area (Å²) >= 11 is 12.2. The number of esters is 1. The van der Waals surface area contributed by atoms with Gasteiger partial charge in [0.05, 0.1) is 42.0 Å². The number of carbonyl (C=O) groups is 2. The van der Waals surface area contributed by atoms with Gasteiger partial charge in [0.25, 0.3) is 5.91 Å². The van der Waals surface area contributed by atoms with Crippen molar-refractivity contribution in [1.29, 1.82) is 0 Å². The molecule has 3 rings (SSSR count). The number of halogens is 2. The molecular weight excluding hydrogens is 459 g/mol. The van der Waals surface area contributed by atoms with Gasteiger partial charge in [0, 0.05) is 26.2 Å². The van der Waals surface area contributed by atoms with Crippen LogP contribution in [0.1, 0.15) is 17.3 Å². The van der Waals surface area contributed by atoms with Crippen LogP contribution in [0.25, 0.3) is 0 Å². The molecule has 0 saturated carbocycles. The van der Waals surface area contributed by atoms with Gasteiger partial charge in [0.2, 0.25) is 10.0 Å². The molecule has 2 saturated heterocycles. The molecular formula is C18H22Cl2N2O7S. The molecule has 2 fully saturated rings. The molecule has 1 amide bonds. The molecule has 0 bridgehead atoms. The standard InChI is InChI=1S/C18H22Cl2N2O7S/c1-12(17(23)21-2-6-27-7-3-21)29-18(24)13-10-16(15(20)11-14(13)19)30(25,26)22-4-8-28-9-5-22/h10-12H,2-9H2,1H3/t12-/m0/s1. The summed E-state index contributed by atoms with van der Waals surface area (Å²) in [5, 5.41) is -0.183. The lowest BCUT2D eigenvalue weighted by Gasteiger charge is -2.29. The zero-order chi connectivity index (χ0) is 21.9. The molecule has 1 aromatic carbocycles. The highest BCUT2D eigenvalue weighted by Gasteiger charge is 2.31. The Labute approximate surface area is 184 Å². The van der Waals surface area contributed by atoms with Gasteiger partial charge in [-0.05, 0) is 19.1 Å². The summed E-state index contributed by atoms with van der Waals surface area (Å²) < 4.78 is 42.8. The predicted octanol–water partition coefficient (Wildman–Crippen LogP) is 1.42. The number of benzene rings is 1. The van der Waals surface area contributed by atoms with Crippen LogP contribution in [0.3, 0.4) is 0 Å². The van der Waals surface area contributed by atoms with Crippen LogP contribution in [0, 0.1) is 0 Å². The lowest BCUT2D eigenvalue weighted by Crippen LogP contribution is -2.46. The van der Waals surface area contributed by atoms with Crippen molar-refractivity contribution in [2.75, 3.05) is 52.6 Å². The van der Waals surface area contributed by atoms with E-state index in [4.69, 9.17) is 37.4 Å². The Morgan fingerprint density at radius 1 is 1.00 bits per heavy atom. The summed E-state index contributed by atoms with van der Waals surface area (Å²) in [5.74, 6) is -1.28. The van der Waals surface area contributed by atoms with E-state index in [9.17, 15) is 18.0 Å². The molecule has 1 atom stereocenters. The number of carbonyl (C=O) groups excluding carboxylic acids is 2. The van der Waals surface area contributed by atoms with Crippen LogP contribution in [-0.2, 0) is 29.0 Å². The fourth-order valence-electron chi connectivity index (χ4n) is 3.12. The third-order valence-corrected chi connectivity index (χ3v) is 7.46. The van der Waals surface area contributed by atoms with Crippen molar-refractivity contribution < 1.29 is 32.2 Å². The number of ether oxygens (including phenoxy) is 3. The van der Waals surface area contributed by atoms with Gasteiger partial charge in [0.1, 0.15) is 4.90 Å². The van der Waals surface area contributed by atoms with E-state index in [0.29, 0.717) is 26.3 Å². The van der Waals surface area contributed by atoms with Crippen molar-refractivity contribution in [2.24, 2.45) is 0 Å². The van der Waals surface area contributed by atoms with Crippen molar-refractivity contribution in [3.05, 3.63) is 27.7 Å². The van der Waals surface area contributed by atoms with Gasteiger partial charge in [-0.2, -0.15) is 4.31 Å². The fraction of sp³-hybridized carbons (Fsp3) is 0.556. The first-order chi connectivity index (χ1) is 14.2. The highest BCUT2D eigenvalue weighted by Crippen LogP contribution is 2.31. The van der Waals surface area contributed by atoms with Crippen molar-refractivity contribution in [1.82, 2.24) is 9.21 Å². The average molecular weight is 481 g/mol. The Morgan fingerprint density at radius 2 is 1.57 bits per heavy atom. The van der Waals surface area contributed by atoms with E-state index in [1.165, 1.54) is 17.3 Å². The van der Waals surface area contributed by atoms with Crippen LogP contribution >= 0.6 is 23.2 Å². The molecule has 1 aromatic rings. The van der Waals surface area contributed by atoms with E-state index >= 15 is 0 Å². The Morgan fingerprint density at radius 3 is 2.17 bits per heavy atom. The van der Waals surface area contributed by atoms with Crippen LogP contribution in [-0.4, -0.2) is 88.2 Å². The maximum atomic E-state index is 12.9. The second-order valence-electron chi connectivity index (χ2n) is 6.76. The number of hydrogen-bond donors (Lipinski definition) is 0. The minimum absolute atomic E-state index is 0.0723. The zero-order valence-corrected chi connectivity index (χ0v) is 18.6. The van der Waals surface area contributed by atoms with Gasteiger partial charge in [-0.25, -0.2) is 13.2 Å². The predicted molar refractivity (Wildman–Crippen MR) is 108 cm³/mol. The van der Waals surface area contributed by atoms with Crippen LogP contribution in [0.2, 0.25) is 10.0 Å². The first-order valence-electron chi connectivity index (χ1n) is 9.36. The fourth-order valence-corrected chi connectivity index (χ4v) is 5.36. The van der Waals surface area contributed by atoms with Crippen LogP contribution < -0.4 is 0 Å². The highest BCUT2D eigenvalue weighted by molar-refractivity contribution is 7.89. The summed E-state index contributed by atoms with van der Waals surface area (Å²) in [6.07, 6.45) is -1.07. The summed E-state index contributed by atoms with van der Waals surface area (Å²) in [5.41, 5.74) is -0.186. The van der Waals surface area contributed by atoms with E-state index in [1.807, 2.05) is 0 Å². The van der Waals surface area contributed by atoms with Gasteiger partial charge in [-0.15, -0.1) is 0 Å². The van der Waals surface area contributed by atoms with Gasteiger partial charge in [-0.1, -0.05) is 23.2 Å². The van der Waals surface area contributed by atoms with E-state index in [0.717, 1.165) is 6.07 Å². The summed E-state index contributed by atoms with van der Waals surface area (Å²) in [4.78, 5) is 26.4. The molecule has 2 aliphatic rings.